The first-order chi connectivity index (χ1) is 12.7. The molecule has 9 heteroatoms. The van der Waals surface area contributed by atoms with Crippen LogP contribution < -0.4 is 10.6 Å². The Morgan fingerprint density at radius 2 is 1.74 bits per heavy atom. The number of nitrogens with zero attached hydrogens (tertiary/aromatic N) is 1. The van der Waals surface area contributed by atoms with Crippen molar-refractivity contribution in [1.29, 1.82) is 0 Å². The molecule has 0 spiro atoms. The fourth-order valence-corrected chi connectivity index (χ4v) is 3.95. The van der Waals surface area contributed by atoms with Crippen molar-refractivity contribution >= 4 is 19.0 Å². The van der Waals surface area contributed by atoms with Crippen molar-refractivity contribution in [3.05, 3.63) is 45.9 Å². The lowest BCUT2D eigenvalue weighted by molar-refractivity contribution is -0.384. The van der Waals surface area contributed by atoms with E-state index in [1.807, 2.05) is 6.92 Å². The largest absolute Gasteiger partial charge is 0.377 e. The molecule has 1 aromatic carbocycles. The molecule has 0 fully saturated rings. The van der Waals surface area contributed by atoms with E-state index in [2.05, 4.69) is 24.5 Å². The Hall–Kier alpha value is -1.73. The first-order valence-corrected chi connectivity index (χ1v) is 10.6. The zero-order valence-corrected chi connectivity index (χ0v) is 17.5. The highest BCUT2D eigenvalue weighted by molar-refractivity contribution is 7.58. The lowest BCUT2D eigenvalue weighted by Gasteiger charge is -2.23. The Bertz CT molecular complexity index is 666. The molecule has 0 aliphatic carbocycles. The molecule has 0 aliphatic rings. The van der Waals surface area contributed by atoms with Crippen molar-refractivity contribution in [2.24, 2.45) is 5.92 Å². The third-order valence-corrected chi connectivity index (χ3v) is 5.55. The second kappa shape index (κ2) is 11.2. The van der Waals surface area contributed by atoms with Gasteiger partial charge in [-0.3, -0.25) is 14.7 Å². The van der Waals surface area contributed by atoms with Gasteiger partial charge in [0.05, 0.1) is 18.1 Å². The normalized spacial score (nSPS) is 13.6. The number of nitro benzene ring substituents is 1. The molecule has 1 rings (SSSR count). The maximum absolute atomic E-state index is 13.3. The zero-order chi connectivity index (χ0) is 20.4. The van der Waals surface area contributed by atoms with E-state index in [4.69, 9.17) is 9.05 Å². The lowest BCUT2D eigenvalue weighted by atomic mass is 10.2. The lowest BCUT2D eigenvalue weighted by Crippen LogP contribution is -2.28. The maximum Gasteiger partial charge on any atom is 0.377 e. The second-order valence-corrected chi connectivity index (χ2v) is 8.40. The van der Waals surface area contributed by atoms with Gasteiger partial charge in [-0.25, -0.2) is 0 Å². The van der Waals surface area contributed by atoms with Crippen LogP contribution in [0, 0.1) is 16.0 Å². The fraction of sp³-hybridized carbons (Fsp3) is 0.556. The average Bonchev–Trinajstić information content (AvgIpc) is 2.60. The van der Waals surface area contributed by atoms with E-state index < -0.39 is 12.5 Å². The molecule has 0 heterocycles. The van der Waals surface area contributed by atoms with Crippen molar-refractivity contribution in [3.8, 4) is 0 Å². The van der Waals surface area contributed by atoms with Crippen molar-refractivity contribution < 1.29 is 18.5 Å². The van der Waals surface area contributed by atoms with Gasteiger partial charge in [-0.2, -0.15) is 0 Å². The van der Waals surface area contributed by atoms with E-state index >= 15 is 0 Å². The molecular formula is C18H30N3O5P. The van der Waals surface area contributed by atoms with Crippen LogP contribution in [0.4, 0.5) is 11.4 Å². The van der Waals surface area contributed by atoms with Gasteiger partial charge in [-0.1, -0.05) is 13.8 Å². The highest BCUT2D eigenvalue weighted by Crippen LogP contribution is 2.56. The number of benzene rings is 1. The molecule has 0 aliphatic heterocycles. The maximum atomic E-state index is 13.3. The van der Waals surface area contributed by atoms with Gasteiger partial charge in [-0.15, -0.1) is 0 Å². The summed E-state index contributed by atoms with van der Waals surface area (Å²) in [5.41, 5.74) is 0.849. The summed E-state index contributed by atoms with van der Waals surface area (Å²) in [6.45, 7) is 10.9. The van der Waals surface area contributed by atoms with E-state index in [0.29, 0.717) is 17.0 Å². The molecule has 152 valence electrons. The molecule has 2 N–H and O–H groups in total. The topological polar surface area (TPSA) is 103 Å². The number of nitro groups is 1. The predicted octanol–water partition coefficient (Wildman–Crippen LogP) is 4.75. The highest BCUT2D eigenvalue weighted by Gasteiger charge is 2.30. The van der Waals surface area contributed by atoms with Crippen LogP contribution >= 0.6 is 7.60 Å². The summed E-state index contributed by atoms with van der Waals surface area (Å²) in [5, 5.41) is 17.2. The van der Waals surface area contributed by atoms with Crippen molar-refractivity contribution in [1.82, 2.24) is 5.32 Å². The number of anilines is 1. The minimum atomic E-state index is -3.55. The Labute approximate surface area is 161 Å². The van der Waals surface area contributed by atoms with Crippen LogP contribution in [0.15, 0.2) is 35.8 Å². The van der Waals surface area contributed by atoms with E-state index in [-0.39, 0.29) is 24.9 Å². The van der Waals surface area contributed by atoms with Gasteiger partial charge in [0.15, 0.2) is 0 Å². The van der Waals surface area contributed by atoms with Gasteiger partial charge in [0, 0.05) is 23.9 Å². The van der Waals surface area contributed by atoms with Crippen LogP contribution in [-0.4, -0.2) is 30.7 Å². The minimum absolute atomic E-state index is 0.0177. The summed E-state index contributed by atoms with van der Waals surface area (Å²) >= 11 is 0. The summed E-state index contributed by atoms with van der Waals surface area (Å²) in [6.07, 6.45) is 1.77. The summed E-state index contributed by atoms with van der Waals surface area (Å²) < 4.78 is 24.2. The van der Waals surface area contributed by atoms with Crippen LogP contribution in [0.5, 0.6) is 0 Å². The number of hydrogen-bond donors (Lipinski definition) is 2. The Balaban J connectivity index is 3.15. The first-order valence-electron chi connectivity index (χ1n) is 9.08. The number of nitrogens with one attached hydrogen (secondary N) is 2. The van der Waals surface area contributed by atoms with Crippen LogP contribution in [-0.2, 0) is 13.6 Å². The molecule has 1 unspecified atom stereocenters. The minimum Gasteiger partial charge on any atom is -0.349 e. The van der Waals surface area contributed by atoms with Crippen LogP contribution in [0.1, 0.15) is 34.6 Å². The monoisotopic (exact) mass is 399 g/mol. The molecule has 8 nitrogen and oxygen atoms in total. The molecule has 0 radical (unpaired) electrons. The predicted molar refractivity (Wildman–Crippen MR) is 108 cm³/mol. The zero-order valence-electron chi connectivity index (χ0n) is 16.6. The molecule has 0 bridgehead atoms. The quantitative estimate of drug-likeness (QED) is 0.297. The third-order valence-electron chi connectivity index (χ3n) is 3.50. The van der Waals surface area contributed by atoms with E-state index in [1.54, 1.807) is 32.1 Å². The summed E-state index contributed by atoms with van der Waals surface area (Å²) in [7, 11) is -3.55. The van der Waals surface area contributed by atoms with Crippen molar-refractivity contribution in [2.75, 3.05) is 25.1 Å². The molecule has 1 aromatic rings. The standard InChI is InChI=1S/C18H30N3O5P/c1-6-25-27(24,26-7-2)18(12-15(5)19-13-14(3)4)20-16-8-10-17(11-9-16)21(22)23/h8-12,14-15,19-20H,6-7,13H2,1-5H3/b18-12+. The third kappa shape index (κ3) is 7.81. The number of non-ortho nitro benzene ring substituents is 1. The summed E-state index contributed by atoms with van der Waals surface area (Å²) in [6, 6.07) is 5.79. The molecule has 0 amide bonds. The molecule has 1 atom stereocenters. The Morgan fingerprint density at radius 1 is 1.19 bits per heavy atom. The fourth-order valence-electron chi connectivity index (χ4n) is 2.25. The van der Waals surface area contributed by atoms with Crippen LogP contribution in [0.2, 0.25) is 0 Å². The summed E-state index contributed by atoms with van der Waals surface area (Å²) in [5.74, 6) is 0.470. The number of rotatable bonds is 12. The SMILES string of the molecule is CCOP(=O)(OCC)/C(=C/C(C)NCC(C)C)Nc1ccc([N+](=O)[O-])cc1. The first kappa shape index (κ1) is 23.3. The van der Waals surface area contributed by atoms with Gasteiger partial charge in [0.25, 0.3) is 5.69 Å². The molecule has 27 heavy (non-hydrogen) atoms. The van der Waals surface area contributed by atoms with Gasteiger partial charge in [0.1, 0.15) is 5.44 Å². The Morgan fingerprint density at radius 3 is 2.19 bits per heavy atom. The van der Waals surface area contributed by atoms with E-state index in [1.165, 1.54) is 12.1 Å². The van der Waals surface area contributed by atoms with Gasteiger partial charge in [-0.05, 0) is 51.4 Å². The van der Waals surface area contributed by atoms with Gasteiger partial charge < -0.3 is 19.7 Å². The van der Waals surface area contributed by atoms with Crippen LogP contribution in [0.25, 0.3) is 0 Å². The summed E-state index contributed by atoms with van der Waals surface area (Å²) in [4.78, 5) is 10.3. The second-order valence-electron chi connectivity index (χ2n) is 6.40. The van der Waals surface area contributed by atoms with Gasteiger partial charge in [0.2, 0.25) is 0 Å². The van der Waals surface area contributed by atoms with E-state index in [0.717, 1.165) is 6.54 Å². The van der Waals surface area contributed by atoms with Crippen molar-refractivity contribution in [2.45, 2.75) is 40.7 Å². The average molecular weight is 399 g/mol. The smallest absolute Gasteiger partial charge is 0.349 e. The number of hydrogen-bond acceptors (Lipinski definition) is 7. The molecule has 0 saturated heterocycles. The van der Waals surface area contributed by atoms with Crippen LogP contribution in [0.3, 0.4) is 0 Å². The molecule has 0 aromatic heterocycles. The highest BCUT2D eigenvalue weighted by atomic mass is 31.2. The van der Waals surface area contributed by atoms with Crippen molar-refractivity contribution in [3.63, 3.8) is 0 Å². The molecular weight excluding hydrogens is 369 g/mol. The van der Waals surface area contributed by atoms with Gasteiger partial charge >= 0.3 is 7.60 Å². The molecule has 0 saturated carbocycles. The van der Waals surface area contributed by atoms with E-state index in [9.17, 15) is 14.7 Å². The Kier molecular flexibility index (Phi) is 9.66.